The Hall–Kier alpha value is -6.40. The molecule has 1 unspecified atom stereocenters. The Morgan fingerprint density at radius 3 is 1.85 bits per heavy atom. The number of anilines is 1. The number of benzene rings is 5. The number of β-lactam (4-membered cyclic amide) rings is 1. The number of ether oxygens (including phenoxy) is 1. The van der Waals surface area contributed by atoms with Crippen LogP contribution in [0.3, 0.4) is 0 Å². The molecule has 6 aromatic rings. The van der Waals surface area contributed by atoms with Gasteiger partial charge in [-0.3, -0.25) is 4.79 Å². The molecule has 0 radical (unpaired) electrons. The topological polar surface area (TPSA) is 139 Å². The van der Waals surface area contributed by atoms with Crippen LogP contribution in [0, 0.1) is 0 Å². The number of aromatic nitrogens is 1. The Bertz CT molecular complexity index is 2410. The Labute approximate surface area is 355 Å². The number of hydrogen-bond acceptors (Lipinski definition) is 10. The summed E-state index contributed by atoms with van der Waals surface area (Å²) in [7, 11) is -1.68. The van der Waals surface area contributed by atoms with Crippen molar-refractivity contribution < 1.29 is 28.8 Å². The molecule has 8 rings (SSSR count). The minimum atomic E-state index is -2.97. The van der Waals surface area contributed by atoms with Gasteiger partial charge in [-0.2, -0.15) is 0 Å². The zero-order valence-electron chi connectivity index (χ0n) is 32.3. The first kappa shape index (κ1) is 40.4. The van der Waals surface area contributed by atoms with Crippen molar-refractivity contribution in [3.63, 3.8) is 0 Å². The fraction of sp³-hybridized carbons (Fsp3) is 0.130. The summed E-state index contributed by atoms with van der Waals surface area (Å²) in [6, 6.07) is 49.3. The fourth-order valence-electron chi connectivity index (χ4n) is 7.85. The van der Waals surface area contributed by atoms with Crippen molar-refractivity contribution in [3.8, 4) is 0 Å². The van der Waals surface area contributed by atoms with Crippen LogP contribution in [0.5, 0.6) is 0 Å². The van der Waals surface area contributed by atoms with Crippen molar-refractivity contribution in [3.05, 3.63) is 185 Å². The average molecular weight is 854 g/mol. The molecule has 0 aliphatic carbocycles. The quantitative estimate of drug-likeness (QED) is 0.0332. The van der Waals surface area contributed by atoms with E-state index in [0.717, 1.165) is 44.0 Å². The number of amides is 3. The van der Waals surface area contributed by atoms with E-state index in [2.05, 4.69) is 57.2 Å². The number of carbonyl (C=O) groups excluding carboxylic acids is 4. The predicted molar refractivity (Wildman–Crippen MR) is 240 cm³/mol. The first-order valence-corrected chi connectivity index (χ1v) is 23.3. The minimum absolute atomic E-state index is 0.159. The third kappa shape index (κ3) is 7.99. The first-order valence-electron chi connectivity index (χ1n) is 19.1. The van der Waals surface area contributed by atoms with Gasteiger partial charge in [-0.1, -0.05) is 0 Å². The molecular weight excluding hydrogens is 814 g/mol. The van der Waals surface area contributed by atoms with Crippen LogP contribution in [0.4, 0.5) is 5.13 Å². The van der Waals surface area contributed by atoms with E-state index in [4.69, 9.17) is 9.57 Å². The van der Waals surface area contributed by atoms with E-state index in [1.807, 2.05) is 115 Å². The molecule has 60 heavy (non-hydrogen) atoms. The number of fused-ring (bicyclic) bond motifs is 1. The number of thioether (sulfide) groups is 1. The van der Waals surface area contributed by atoms with Crippen molar-refractivity contribution in [1.82, 2.24) is 15.2 Å². The zero-order valence-corrected chi connectivity index (χ0v) is 35.0. The predicted octanol–water partition coefficient (Wildman–Crippen LogP) is 5.78. The van der Waals surface area contributed by atoms with Gasteiger partial charge in [0.25, 0.3) is 0 Å². The molecule has 0 saturated carbocycles. The van der Waals surface area contributed by atoms with E-state index in [9.17, 15) is 14.4 Å². The molecule has 2 aliphatic heterocycles. The van der Waals surface area contributed by atoms with E-state index in [0.29, 0.717) is 18.3 Å². The molecule has 3 heterocycles. The van der Waals surface area contributed by atoms with E-state index < -0.39 is 42.6 Å². The molecule has 1 fully saturated rings. The normalized spacial score (nSPS) is 16.7. The van der Waals surface area contributed by atoms with Crippen molar-refractivity contribution in [2.24, 2.45) is 5.16 Å². The number of oxime groups is 1. The first-order chi connectivity index (χ1) is 29.4. The van der Waals surface area contributed by atoms with E-state index in [1.54, 1.807) is 5.38 Å². The molecular formula is C46H40N5O6PS2. The second-order valence-corrected chi connectivity index (χ2v) is 19.9. The van der Waals surface area contributed by atoms with Gasteiger partial charge in [0.15, 0.2) is 0 Å². The Morgan fingerprint density at radius 2 is 1.35 bits per heavy atom. The summed E-state index contributed by atoms with van der Waals surface area (Å²) in [5.74, 6) is -1.41. The molecule has 1 saturated heterocycles. The molecule has 2 aliphatic rings. The molecule has 0 bridgehead atoms. The van der Waals surface area contributed by atoms with Crippen LogP contribution in [-0.2, 0) is 28.8 Å². The van der Waals surface area contributed by atoms with Crippen molar-refractivity contribution in [2.45, 2.75) is 17.5 Å². The van der Waals surface area contributed by atoms with Crippen LogP contribution in [0.2, 0.25) is 0 Å². The second kappa shape index (κ2) is 18.3. The van der Waals surface area contributed by atoms with Crippen molar-refractivity contribution >= 4 is 81.3 Å². The van der Waals surface area contributed by atoms with Gasteiger partial charge in [-0.05, 0) is 0 Å². The van der Waals surface area contributed by atoms with Gasteiger partial charge in [0.05, 0.1) is 0 Å². The van der Waals surface area contributed by atoms with Crippen molar-refractivity contribution in [1.29, 1.82) is 0 Å². The number of rotatable bonds is 15. The third-order valence-corrected chi connectivity index (χ3v) is 17.6. The van der Waals surface area contributed by atoms with Crippen LogP contribution in [-0.4, -0.2) is 70.2 Å². The molecule has 302 valence electrons. The summed E-state index contributed by atoms with van der Waals surface area (Å²) in [6.07, 6.45) is 0.191. The van der Waals surface area contributed by atoms with Crippen LogP contribution in [0.1, 0.15) is 22.9 Å². The number of thiazole rings is 1. The fourth-order valence-corrected chi connectivity index (χ4v) is 14.9. The standard InChI is InChI=1S/C46H40N5O6PS2/c1-56-50-38(37-29-60-46(48-37)47-30-52)42(53)49-39-43(54)51-40(45(55)57-41(31-17-7-2-8-18-31)32-19-9-3-10-20-32)33(28-59-44(39)51)27-58(34-21-11-4-12-22-34,35-23-13-5-14-24-35)36-25-15-6-16-26-36/h2-26,29-30,39,41,44,58H,27-28H2,1H3,(H,49,53)(H,47,48,52)/t39?,44-/m1/s1. The Morgan fingerprint density at radius 1 is 0.833 bits per heavy atom. The summed E-state index contributed by atoms with van der Waals surface area (Å²) >= 11 is 2.58. The molecule has 5 aromatic carbocycles. The van der Waals surface area contributed by atoms with Crippen molar-refractivity contribution in [2.75, 3.05) is 24.3 Å². The van der Waals surface area contributed by atoms with Crippen LogP contribution < -0.4 is 26.5 Å². The van der Waals surface area contributed by atoms with Gasteiger partial charge < -0.3 is 5.32 Å². The number of esters is 1. The summed E-state index contributed by atoms with van der Waals surface area (Å²) < 4.78 is 6.55. The number of hydrogen-bond donors (Lipinski definition) is 2. The van der Waals surface area contributed by atoms with E-state index in [1.165, 1.54) is 23.8 Å². The number of nitrogens with zero attached hydrogens (tertiary/aromatic N) is 3. The van der Waals surface area contributed by atoms with E-state index in [-0.39, 0.29) is 22.2 Å². The summed E-state index contributed by atoms with van der Waals surface area (Å²) in [5, 5.41) is 13.8. The van der Waals surface area contributed by atoms with Crippen LogP contribution in [0.15, 0.2) is 173 Å². The summed E-state index contributed by atoms with van der Waals surface area (Å²) in [6.45, 7) is 0. The summed E-state index contributed by atoms with van der Waals surface area (Å²) in [4.78, 5) is 65.2. The maximum atomic E-state index is 15.1. The van der Waals surface area contributed by atoms with Gasteiger partial charge in [0.2, 0.25) is 6.41 Å². The molecule has 2 atom stereocenters. The van der Waals surface area contributed by atoms with Gasteiger partial charge in [-0.15, -0.1) is 0 Å². The number of nitrogens with one attached hydrogen (secondary N) is 2. The van der Waals surface area contributed by atoms with Gasteiger partial charge in [0, 0.05) is 0 Å². The molecule has 3 amide bonds. The molecule has 14 heteroatoms. The molecule has 1 aromatic heterocycles. The summed E-state index contributed by atoms with van der Waals surface area (Å²) in [5.41, 5.74) is 2.50. The maximum absolute atomic E-state index is 15.1. The molecule has 0 spiro atoms. The molecule has 11 nitrogen and oxygen atoms in total. The monoisotopic (exact) mass is 853 g/mol. The third-order valence-electron chi connectivity index (χ3n) is 10.6. The second-order valence-electron chi connectivity index (χ2n) is 14.0. The average Bonchev–Trinajstić information content (AvgIpc) is 3.77. The van der Waals surface area contributed by atoms with Crippen LogP contribution >= 0.6 is 30.4 Å². The van der Waals surface area contributed by atoms with E-state index >= 15 is 4.79 Å². The van der Waals surface area contributed by atoms with Crippen LogP contribution in [0.25, 0.3) is 0 Å². The SMILES string of the molecule is CON=C(C(=O)NC1C(=O)N2C(C(=O)OC(c3ccccc3)c3ccccc3)=C(C[PH](c3ccccc3)(c3ccccc3)c3ccccc3)CS[C@H]12)c1csc(NC=O)n1. The molecule has 2 N–H and O–H groups in total. The zero-order chi connectivity index (χ0) is 41.5. The van der Waals surface area contributed by atoms with Gasteiger partial charge in [0.1, 0.15) is 0 Å². The van der Waals surface area contributed by atoms with Gasteiger partial charge >= 0.3 is 341 Å². The Balaban J connectivity index is 1.22. The number of carbonyl (C=O) groups is 4. The van der Waals surface area contributed by atoms with Gasteiger partial charge in [-0.25, -0.2) is 0 Å². The Kier molecular flexibility index (Phi) is 12.3.